The van der Waals surface area contributed by atoms with Crippen LogP contribution in [0.4, 0.5) is 0 Å². The van der Waals surface area contributed by atoms with Crippen LogP contribution in [0, 0.1) is 0 Å². The average molecular weight is 436 g/mol. The molecule has 1 aromatic rings. The summed E-state index contributed by atoms with van der Waals surface area (Å²) in [4.78, 5) is 33.4. The quantitative estimate of drug-likeness (QED) is 0.695. The van der Waals surface area contributed by atoms with Gasteiger partial charge in [-0.25, -0.2) is 0 Å². The Kier molecular flexibility index (Phi) is 8.50. The lowest BCUT2D eigenvalue weighted by atomic mass is 10.2. The minimum atomic E-state index is 0.0750. The predicted molar refractivity (Wildman–Crippen MR) is 119 cm³/mol. The number of benzene rings is 1. The zero-order chi connectivity index (χ0) is 21.5. The van der Waals surface area contributed by atoms with Crippen molar-refractivity contribution < 1.29 is 9.59 Å². The maximum Gasteiger partial charge on any atom is 0.236 e. The first-order chi connectivity index (χ1) is 14.4. The molecule has 2 aliphatic heterocycles. The lowest BCUT2D eigenvalue weighted by molar-refractivity contribution is -0.135. The van der Waals surface area contributed by atoms with E-state index in [1.165, 1.54) is 5.56 Å². The summed E-state index contributed by atoms with van der Waals surface area (Å²) in [5, 5.41) is 3.69. The van der Waals surface area contributed by atoms with Gasteiger partial charge in [0.05, 0.1) is 13.1 Å². The minimum absolute atomic E-state index is 0.0750. The van der Waals surface area contributed by atoms with Crippen LogP contribution in [0.3, 0.4) is 0 Å². The zero-order valence-corrected chi connectivity index (χ0v) is 18.9. The Morgan fingerprint density at radius 1 is 0.867 bits per heavy atom. The van der Waals surface area contributed by atoms with Crippen LogP contribution in [-0.4, -0.2) is 103 Å². The van der Waals surface area contributed by atoms with Gasteiger partial charge in [0.25, 0.3) is 0 Å². The first-order valence-electron chi connectivity index (χ1n) is 10.9. The monoisotopic (exact) mass is 435 g/mol. The summed E-state index contributed by atoms with van der Waals surface area (Å²) in [6.45, 7) is 12.4. The Balaban J connectivity index is 1.34. The van der Waals surface area contributed by atoms with Gasteiger partial charge in [0.1, 0.15) is 0 Å². The van der Waals surface area contributed by atoms with E-state index >= 15 is 0 Å². The fourth-order valence-corrected chi connectivity index (χ4v) is 4.10. The normalized spacial score (nSPS) is 19.3. The van der Waals surface area contributed by atoms with E-state index in [2.05, 4.69) is 32.1 Å². The van der Waals surface area contributed by atoms with Crippen LogP contribution in [0.15, 0.2) is 24.3 Å². The Bertz CT molecular complexity index is 696. The molecular formula is C22H34ClN5O2. The summed E-state index contributed by atoms with van der Waals surface area (Å²) in [6, 6.07) is 8.14. The molecule has 30 heavy (non-hydrogen) atoms. The highest BCUT2D eigenvalue weighted by molar-refractivity contribution is 6.30. The lowest BCUT2D eigenvalue weighted by Crippen LogP contribution is -2.54. The summed E-state index contributed by atoms with van der Waals surface area (Å²) < 4.78 is 0. The second-order valence-electron chi connectivity index (χ2n) is 8.56. The van der Waals surface area contributed by atoms with Gasteiger partial charge in [-0.1, -0.05) is 23.7 Å². The number of amides is 2. The molecule has 0 spiro atoms. The Morgan fingerprint density at radius 3 is 1.97 bits per heavy atom. The number of carbonyl (C=O) groups is 2. The van der Waals surface area contributed by atoms with Gasteiger partial charge in [0.15, 0.2) is 0 Å². The van der Waals surface area contributed by atoms with Gasteiger partial charge in [-0.05, 0) is 31.5 Å². The van der Waals surface area contributed by atoms with E-state index < -0.39 is 0 Å². The standard InChI is InChI=1S/C22H34ClN5O2/c1-18(2)24-21(29)16-26-7-9-27(10-8-26)17-22(30)28-13-11-25(12-14-28)15-19-3-5-20(23)6-4-19/h3-6,18H,7-17H2,1-2H3,(H,24,29). The van der Waals surface area contributed by atoms with Crippen LogP contribution >= 0.6 is 11.6 Å². The fraction of sp³-hybridized carbons (Fsp3) is 0.636. The number of rotatable bonds is 7. The third-order valence-corrected chi connectivity index (χ3v) is 5.94. The number of nitrogens with one attached hydrogen (secondary N) is 1. The minimum Gasteiger partial charge on any atom is -0.353 e. The molecule has 7 nitrogen and oxygen atoms in total. The van der Waals surface area contributed by atoms with Crippen molar-refractivity contribution in [1.82, 2.24) is 24.9 Å². The molecule has 0 saturated carbocycles. The number of hydrogen-bond donors (Lipinski definition) is 1. The van der Waals surface area contributed by atoms with Gasteiger partial charge in [0.2, 0.25) is 11.8 Å². The number of carbonyl (C=O) groups excluding carboxylic acids is 2. The molecular weight excluding hydrogens is 402 g/mol. The van der Waals surface area contributed by atoms with Crippen molar-refractivity contribution in [3.8, 4) is 0 Å². The van der Waals surface area contributed by atoms with Gasteiger partial charge in [-0.15, -0.1) is 0 Å². The molecule has 2 fully saturated rings. The lowest BCUT2D eigenvalue weighted by Gasteiger charge is -2.38. The van der Waals surface area contributed by atoms with Crippen molar-refractivity contribution in [3.05, 3.63) is 34.9 Å². The molecule has 0 atom stereocenters. The molecule has 166 valence electrons. The summed E-state index contributed by atoms with van der Waals surface area (Å²) >= 11 is 5.95. The second kappa shape index (κ2) is 11.1. The molecule has 2 amide bonds. The third kappa shape index (κ3) is 7.23. The second-order valence-corrected chi connectivity index (χ2v) is 8.99. The van der Waals surface area contributed by atoms with Crippen molar-refractivity contribution >= 4 is 23.4 Å². The highest BCUT2D eigenvalue weighted by Gasteiger charge is 2.25. The van der Waals surface area contributed by atoms with E-state index in [-0.39, 0.29) is 17.9 Å². The molecule has 0 bridgehead atoms. The average Bonchev–Trinajstić information content (AvgIpc) is 2.71. The van der Waals surface area contributed by atoms with Crippen LogP contribution < -0.4 is 5.32 Å². The van der Waals surface area contributed by atoms with E-state index in [1.54, 1.807) is 0 Å². The predicted octanol–water partition coefficient (Wildman–Crippen LogP) is 1.13. The fourth-order valence-electron chi connectivity index (χ4n) is 3.97. The van der Waals surface area contributed by atoms with Gasteiger partial charge in [-0.2, -0.15) is 0 Å². The maximum absolute atomic E-state index is 12.7. The molecule has 1 aromatic carbocycles. The SMILES string of the molecule is CC(C)NC(=O)CN1CCN(CC(=O)N2CCN(Cc3ccc(Cl)cc3)CC2)CC1. The molecule has 1 N–H and O–H groups in total. The summed E-state index contributed by atoms with van der Waals surface area (Å²) in [5.74, 6) is 0.290. The Morgan fingerprint density at radius 2 is 1.40 bits per heavy atom. The van der Waals surface area contributed by atoms with Crippen LogP contribution in [0.25, 0.3) is 0 Å². The van der Waals surface area contributed by atoms with Crippen LogP contribution in [0.1, 0.15) is 19.4 Å². The van der Waals surface area contributed by atoms with Gasteiger partial charge in [0, 0.05) is 70.0 Å². The van der Waals surface area contributed by atoms with Gasteiger partial charge in [-0.3, -0.25) is 24.3 Å². The zero-order valence-electron chi connectivity index (χ0n) is 18.1. The smallest absolute Gasteiger partial charge is 0.236 e. The van der Waals surface area contributed by atoms with E-state index in [1.807, 2.05) is 30.9 Å². The Labute approximate surface area is 184 Å². The molecule has 0 radical (unpaired) electrons. The van der Waals surface area contributed by atoms with Gasteiger partial charge < -0.3 is 10.2 Å². The topological polar surface area (TPSA) is 59.1 Å². The summed E-state index contributed by atoms with van der Waals surface area (Å²) in [5.41, 5.74) is 1.25. The van der Waals surface area contributed by atoms with Crippen molar-refractivity contribution in [2.24, 2.45) is 0 Å². The van der Waals surface area contributed by atoms with E-state index in [4.69, 9.17) is 11.6 Å². The molecule has 2 aliphatic rings. The molecule has 2 heterocycles. The van der Waals surface area contributed by atoms with Crippen molar-refractivity contribution in [1.29, 1.82) is 0 Å². The number of nitrogens with zero attached hydrogens (tertiary/aromatic N) is 4. The number of halogens is 1. The largest absolute Gasteiger partial charge is 0.353 e. The van der Waals surface area contributed by atoms with E-state index in [0.717, 1.165) is 63.9 Å². The van der Waals surface area contributed by atoms with Crippen molar-refractivity contribution in [2.75, 3.05) is 65.4 Å². The maximum atomic E-state index is 12.7. The Hall–Kier alpha value is -1.67. The summed E-state index contributed by atoms with van der Waals surface area (Å²) in [6.07, 6.45) is 0. The number of piperazine rings is 2. The molecule has 0 aromatic heterocycles. The summed E-state index contributed by atoms with van der Waals surface area (Å²) in [7, 11) is 0. The molecule has 3 rings (SSSR count). The molecule has 0 aliphatic carbocycles. The molecule has 2 saturated heterocycles. The molecule has 0 unspecified atom stereocenters. The highest BCUT2D eigenvalue weighted by atomic mass is 35.5. The van der Waals surface area contributed by atoms with Crippen LogP contribution in [0.2, 0.25) is 5.02 Å². The van der Waals surface area contributed by atoms with E-state index in [9.17, 15) is 9.59 Å². The van der Waals surface area contributed by atoms with Gasteiger partial charge >= 0.3 is 0 Å². The first kappa shape index (κ1) is 23.0. The third-order valence-electron chi connectivity index (χ3n) is 5.69. The first-order valence-corrected chi connectivity index (χ1v) is 11.3. The van der Waals surface area contributed by atoms with Crippen LogP contribution in [-0.2, 0) is 16.1 Å². The number of hydrogen-bond acceptors (Lipinski definition) is 5. The van der Waals surface area contributed by atoms with Crippen molar-refractivity contribution in [3.63, 3.8) is 0 Å². The highest BCUT2D eigenvalue weighted by Crippen LogP contribution is 2.13. The van der Waals surface area contributed by atoms with Crippen LogP contribution in [0.5, 0.6) is 0 Å². The van der Waals surface area contributed by atoms with Crippen molar-refractivity contribution in [2.45, 2.75) is 26.4 Å². The molecule has 8 heteroatoms. The van der Waals surface area contributed by atoms with E-state index in [0.29, 0.717) is 13.1 Å².